The number of hydrogen-bond acceptors (Lipinski definition) is 10. The molecular weight excluding hydrogens is 745 g/mol. The molecule has 2 aromatic carbocycles. The molecule has 0 radical (unpaired) electrons. The number of anilines is 3. The van der Waals surface area contributed by atoms with Crippen LogP contribution in [0.25, 0.3) is 16.9 Å². The number of benzene rings is 2. The minimum Gasteiger partial charge on any atom is -0.374 e. The second kappa shape index (κ2) is 17.4. The third-order valence-electron chi connectivity index (χ3n) is 12.1. The van der Waals surface area contributed by atoms with E-state index in [0.717, 1.165) is 77.5 Å². The van der Waals surface area contributed by atoms with Crippen LogP contribution in [0.4, 0.5) is 26.1 Å². The molecule has 1 atom stereocenters. The molecule has 4 fully saturated rings. The largest absolute Gasteiger partial charge is 0.374 e. The van der Waals surface area contributed by atoms with Crippen LogP contribution in [0.1, 0.15) is 64.2 Å². The lowest BCUT2D eigenvalue weighted by Gasteiger charge is -2.42. The number of rotatable bonds is 10. The van der Waals surface area contributed by atoms with Crippen molar-refractivity contribution in [3.8, 4) is 16.9 Å². The quantitative estimate of drug-likeness (QED) is 0.161. The van der Waals surface area contributed by atoms with E-state index in [1.807, 2.05) is 0 Å². The number of aromatic nitrogens is 3. The van der Waals surface area contributed by atoms with Crippen molar-refractivity contribution in [3.05, 3.63) is 95.0 Å². The van der Waals surface area contributed by atoms with Gasteiger partial charge in [0.2, 0.25) is 23.7 Å². The molecule has 2 aromatic heterocycles. The number of nitrogens with zero attached hydrogens (tertiary/aromatic N) is 5. The number of halogens is 2. The Bertz CT molecular complexity index is 2190. The second-order valence-electron chi connectivity index (χ2n) is 15.9. The minimum absolute atomic E-state index is 0.0151. The standard InChI is InChI=1S/C43H49F2N9O4/c44-34-25-31(47-36-12-14-38(55)50-42(36)58)11-13-37(34)53-22-17-32(18-23-53)52-20-15-27(16-21-52)41(57)48-29-7-9-30(10-8-29)49-43-46-26-35(45)40(51-43)28-4-3-5-33(24-28)54-19-2-1-6-39(54)56/h1-6,11,13,19,24-27,29-30,32,36,47H,7-10,12,14-18,20-23H2,(H,48,57)(H,46,49,51)(H,50,55,58). The third-order valence-corrected chi connectivity index (χ3v) is 12.1. The van der Waals surface area contributed by atoms with Gasteiger partial charge in [-0.05, 0) is 107 Å². The SMILES string of the molecule is O=C1CCC(Nc2ccc(N3CCC(N4CCC(C(=O)NC5CCC(Nc6ncc(F)c(-c7cccc(-n8ccccc8=O)c7)n6)CC5)CC4)CC3)c(F)c2)C(=O)N1. The molecular formula is C43H49F2N9O4. The van der Waals surface area contributed by atoms with E-state index in [2.05, 4.69) is 41.0 Å². The second-order valence-corrected chi connectivity index (χ2v) is 15.9. The number of carbonyl (C=O) groups excluding carboxylic acids is 3. The first kappa shape index (κ1) is 39.1. The molecule has 1 unspecified atom stereocenters. The molecule has 4 aliphatic rings. The van der Waals surface area contributed by atoms with Gasteiger partial charge in [0, 0.05) is 72.8 Å². The Balaban J connectivity index is 0.760. The average molecular weight is 794 g/mol. The van der Waals surface area contributed by atoms with Gasteiger partial charge in [-0.3, -0.25) is 29.1 Å². The lowest BCUT2D eigenvalue weighted by Crippen LogP contribution is -2.50. The van der Waals surface area contributed by atoms with E-state index in [-0.39, 0.29) is 59.2 Å². The molecule has 4 N–H and O–H groups in total. The Labute approximate surface area is 335 Å². The van der Waals surface area contributed by atoms with Gasteiger partial charge in [-0.15, -0.1) is 0 Å². The van der Waals surface area contributed by atoms with E-state index in [9.17, 15) is 23.6 Å². The molecule has 4 aromatic rings. The van der Waals surface area contributed by atoms with Gasteiger partial charge >= 0.3 is 0 Å². The number of imide groups is 1. The highest BCUT2D eigenvalue weighted by molar-refractivity contribution is 6.01. The van der Waals surface area contributed by atoms with Crippen LogP contribution in [0.2, 0.25) is 0 Å². The van der Waals surface area contributed by atoms with Crippen LogP contribution in [0, 0.1) is 17.6 Å². The molecule has 8 rings (SSSR count). The summed E-state index contributed by atoms with van der Waals surface area (Å²) in [6.07, 6.45) is 10.2. The number of amides is 3. The number of piperidine rings is 3. The molecule has 15 heteroatoms. The van der Waals surface area contributed by atoms with Crippen molar-refractivity contribution in [2.45, 2.75) is 88.4 Å². The highest BCUT2D eigenvalue weighted by Crippen LogP contribution is 2.31. The van der Waals surface area contributed by atoms with Gasteiger partial charge in [-0.25, -0.2) is 18.7 Å². The van der Waals surface area contributed by atoms with E-state index in [0.29, 0.717) is 41.0 Å². The van der Waals surface area contributed by atoms with Gasteiger partial charge in [-0.1, -0.05) is 18.2 Å². The summed E-state index contributed by atoms with van der Waals surface area (Å²) in [4.78, 5) is 62.5. The van der Waals surface area contributed by atoms with E-state index < -0.39 is 11.9 Å². The molecule has 13 nitrogen and oxygen atoms in total. The van der Waals surface area contributed by atoms with Crippen molar-refractivity contribution in [1.29, 1.82) is 0 Å². The zero-order valence-electron chi connectivity index (χ0n) is 32.3. The maximum Gasteiger partial charge on any atom is 0.255 e. The maximum atomic E-state index is 15.2. The van der Waals surface area contributed by atoms with Gasteiger partial charge in [0.1, 0.15) is 17.6 Å². The fourth-order valence-electron chi connectivity index (χ4n) is 8.85. The van der Waals surface area contributed by atoms with Gasteiger partial charge in [0.25, 0.3) is 5.56 Å². The summed E-state index contributed by atoms with van der Waals surface area (Å²) in [5.74, 6) is -1.12. The van der Waals surface area contributed by atoms with Gasteiger partial charge in [-0.2, -0.15) is 0 Å². The number of hydrogen-bond donors (Lipinski definition) is 4. The zero-order chi connectivity index (χ0) is 40.2. The van der Waals surface area contributed by atoms with Crippen LogP contribution in [0.5, 0.6) is 0 Å². The number of carbonyl (C=O) groups is 3. The average Bonchev–Trinajstić information content (AvgIpc) is 3.24. The topological polar surface area (TPSA) is 154 Å². The fraction of sp³-hybridized carbons (Fsp3) is 0.442. The molecule has 3 aliphatic heterocycles. The van der Waals surface area contributed by atoms with Crippen LogP contribution >= 0.6 is 0 Å². The summed E-state index contributed by atoms with van der Waals surface area (Å²) in [5, 5.41) is 12.1. The van der Waals surface area contributed by atoms with E-state index in [1.54, 1.807) is 54.7 Å². The Morgan fingerprint density at radius 3 is 2.29 bits per heavy atom. The van der Waals surface area contributed by atoms with Gasteiger partial charge in [0.05, 0.1) is 11.9 Å². The molecule has 58 heavy (non-hydrogen) atoms. The van der Waals surface area contributed by atoms with Crippen molar-refractivity contribution in [1.82, 2.24) is 30.1 Å². The molecule has 3 amide bonds. The van der Waals surface area contributed by atoms with Crippen molar-refractivity contribution in [2.24, 2.45) is 5.92 Å². The normalized spacial score (nSPS) is 22.3. The molecule has 1 saturated carbocycles. The van der Waals surface area contributed by atoms with Crippen molar-refractivity contribution in [2.75, 3.05) is 41.7 Å². The predicted molar refractivity (Wildman–Crippen MR) is 217 cm³/mol. The van der Waals surface area contributed by atoms with Crippen LogP contribution < -0.4 is 31.7 Å². The lowest BCUT2D eigenvalue weighted by molar-refractivity contribution is -0.133. The van der Waals surface area contributed by atoms with Crippen molar-refractivity contribution < 1.29 is 23.2 Å². The molecule has 5 heterocycles. The van der Waals surface area contributed by atoms with Gasteiger partial charge in [0.15, 0.2) is 5.82 Å². The Morgan fingerprint density at radius 1 is 0.776 bits per heavy atom. The summed E-state index contributed by atoms with van der Waals surface area (Å²) >= 11 is 0. The molecule has 1 aliphatic carbocycles. The summed E-state index contributed by atoms with van der Waals surface area (Å²) in [6, 6.07) is 16.9. The first-order valence-corrected chi connectivity index (χ1v) is 20.4. The summed E-state index contributed by atoms with van der Waals surface area (Å²) in [6.45, 7) is 3.20. The molecule has 0 bridgehead atoms. The van der Waals surface area contributed by atoms with Crippen LogP contribution in [0.3, 0.4) is 0 Å². The van der Waals surface area contributed by atoms with Gasteiger partial charge < -0.3 is 25.8 Å². The first-order valence-electron chi connectivity index (χ1n) is 20.4. The first-order chi connectivity index (χ1) is 28.2. The lowest BCUT2D eigenvalue weighted by atomic mass is 9.89. The predicted octanol–water partition coefficient (Wildman–Crippen LogP) is 5.01. The Kier molecular flexibility index (Phi) is 11.8. The van der Waals surface area contributed by atoms with Crippen LogP contribution in [-0.2, 0) is 14.4 Å². The van der Waals surface area contributed by atoms with E-state index in [4.69, 9.17) is 0 Å². The number of pyridine rings is 1. The third kappa shape index (κ3) is 9.04. The zero-order valence-corrected chi connectivity index (χ0v) is 32.3. The fourth-order valence-corrected chi connectivity index (χ4v) is 8.85. The number of nitrogens with one attached hydrogen (secondary N) is 4. The number of likely N-dealkylation sites (tertiary alicyclic amines) is 1. The van der Waals surface area contributed by atoms with Crippen LogP contribution in [0.15, 0.2) is 77.9 Å². The highest BCUT2D eigenvalue weighted by Gasteiger charge is 2.33. The molecule has 304 valence electrons. The van der Waals surface area contributed by atoms with E-state index >= 15 is 4.39 Å². The maximum absolute atomic E-state index is 15.2. The molecule has 0 spiro atoms. The summed E-state index contributed by atoms with van der Waals surface area (Å²) < 4.78 is 31.7. The van der Waals surface area contributed by atoms with Crippen LogP contribution in [-0.4, -0.2) is 87.5 Å². The molecule has 3 saturated heterocycles. The summed E-state index contributed by atoms with van der Waals surface area (Å²) in [7, 11) is 0. The van der Waals surface area contributed by atoms with Crippen molar-refractivity contribution in [3.63, 3.8) is 0 Å². The smallest absolute Gasteiger partial charge is 0.255 e. The van der Waals surface area contributed by atoms with E-state index in [1.165, 1.54) is 22.9 Å². The van der Waals surface area contributed by atoms with Crippen molar-refractivity contribution >= 4 is 35.0 Å². The minimum atomic E-state index is -0.563. The monoisotopic (exact) mass is 793 g/mol. The highest BCUT2D eigenvalue weighted by atomic mass is 19.1. The Morgan fingerprint density at radius 2 is 1.55 bits per heavy atom. The summed E-state index contributed by atoms with van der Waals surface area (Å²) in [5.41, 5.74) is 2.18. The Hall–Kier alpha value is -5.70.